The normalized spacial score (nSPS) is 26.6. The number of hydrogen-bond donors (Lipinski definition) is 1. The molecule has 1 heterocycles. The Labute approximate surface area is 105 Å². The highest BCUT2D eigenvalue weighted by molar-refractivity contribution is 5.91. The predicted molar refractivity (Wildman–Crippen MR) is 69.5 cm³/mol. The van der Waals surface area contributed by atoms with Gasteiger partial charge in [-0.2, -0.15) is 0 Å². The zero-order chi connectivity index (χ0) is 12.6. The molecule has 0 bridgehead atoms. The molecule has 98 valence electrons. The standard InChI is InChI=1S/C14H26N2O/c1-10(2)5-8-16-12(9-11(3)4)15-14(6-7-14)13(16)17/h10-12,15H,5-9H2,1-4H3. The molecule has 1 spiro atoms. The molecule has 0 aromatic carbocycles. The second-order valence-electron chi connectivity index (χ2n) is 6.55. The highest BCUT2D eigenvalue weighted by atomic mass is 16.2. The Kier molecular flexibility index (Phi) is 3.48. The van der Waals surface area contributed by atoms with Gasteiger partial charge in [0.1, 0.15) is 0 Å². The third kappa shape index (κ3) is 2.65. The number of nitrogens with one attached hydrogen (secondary N) is 1. The van der Waals surface area contributed by atoms with Crippen molar-refractivity contribution in [2.45, 2.75) is 65.1 Å². The smallest absolute Gasteiger partial charge is 0.244 e. The first-order chi connectivity index (χ1) is 7.94. The summed E-state index contributed by atoms with van der Waals surface area (Å²) >= 11 is 0. The van der Waals surface area contributed by atoms with Gasteiger partial charge in [0.05, 0.1) is 11.7 Å². The Morgan fingerprint density at radius 2 is 1.94 bits per heavy atom. The largest absolute Gasteiger partial charge is 0.326 e. The van der Waals surface area contributed by atoms with Gasteiger partial charge in [-0.25, -0.2) is 0 Å². The van der Waals surface area contributed by atoms with Crippen LogP contribution in [0.1, 0.15) is 53.4 Å². The van der Waals surface area contributed by atoms with Crippen molar-refractivity contribution in [2.24, 2.45) is 11.8 Å². The van der Waals surface area contributed by atoms with Crippen molar-refractivity contribution in [3.63, 3.8) is 0 Å². The molecule has 1 aliphatic carbocycles. The van der Waals surface area contributed by atoms with Gasteiger partial charge >= 0.3 is 0 Å². The molecule has 2 aliphatic rings. The van der Waals surface area contributed by atoms with E-state index in [0.29, 0.717) is 17.7 Å². The topological polar surface area (TPSA) is 32.3 Å². The summed E-state index contributed by atoms with van der Waals surface area (Å²) in [6, 6.07) is 0. The lowest BCUT2D eigenvalue weighted by Crippen LogP contribution is -2.39. The molecular weight excluding hydrogens is 212 g/mol. The van der Waals surface area contributed by atoms with Gasteiger partial charge in [-0.3, -0.25) is 10.1 Å². The van der Waals surface area contributed by atoms with Gasteiger partial charge in [-0.15, -0.1) is 0 Å². The molecule has 2 rings (SSSR count). The van der Waals surface area contributed by atoms with E-state index in [4.69, 9.17) is 0 Å². The second-order valence-corrected chi connectivity index (χ2v) is 6.55. The maximum atomic E-state index is 12.4. The molecule has 0 aromatic rings. The lowest BCUT2D eigenvalue weighted by Gasteiger charge is -2.26. The number of amides is 1. The highest BCUT2D eigenvalue weighted by Crippen LogP contribution is 2.43. The number of rotatable bonds is 5. The van der Waals surface area contributed by atoms with Crippen LogP contribution in [0.25, 0.3) is 0 Å². The van der Waals surface area contributed by atoms with Crippen LogP contribution >= 0.6 is 0 Å². The Balaban J connectivity index is 2.00. The first-order valence-corrected chi connectivity index (χ1v) is 7.03. The maximum Gasteiger partial charge on any atom is 0.244 e. The van der Waals surface area contributed by atoms with Gasteiger partial charge in [0, 0.05) is 6.54 Å². The highest BCUT2D eigenvalue weighted by Gasteiger charge is 2.58. The maximum absolute atomic E-state index is 12.4. The van der Waals surface area contributed by atoms with Gasteiger partial charge in [0.2, 0.25) is 5.91 Å². The van der Waals surface area contributed by atoms with E-state index < -0.39 is 0 Å². The van der Waals surface area contributed by atoms with Crippen LogP contribution in [0.2, 0.25) is 0 Å². The molecule has 0 aromatic heterocycles. The van der Waals surface area contributed by atoms with Gasteiger partial charge in [0.15, 0.2) is 0 Å². The summed E-state index contributed by atoms with van der Waals surface area (Å²) in [4.78, 5) is 14.5. The fourth-order valence-corrected chi connectivity index (χ4v) is 2.65. The third-order valence-electron chi connectivity index (χ3n) is 3.88. The van der Waals surface area contributed by atoms with E-state index in [1.165, 1.54) is 0 Å². The predicted octanol–water partition coefficient (Wildman–Crippen LogP) is 2.37. The van der Waals surface area contributed by atoms with Crippen LogP contribution in [-0.4, -0.2) is 29.1 Å². The molecular formula is C14H26N2O. The van der Waals surface area contributed by atoms with Crippen molar-refractivity contribution in [3.05, 3.63) is 0 Å². The van der Waals surface area contributed by atoms with Crippen LogP contribution in [-0.2, 0) is 4.79 Å². The third-order valence-corrected chi connectivity index (χ3v) is 3.88. The molecule has 3 nitrogen and oxygen atoms in total. The quantitative estimate of drug-likeness (QED) is 0.797. The van der Waals surface area contributed by atoms with Crippen molar-refractivity contribution < 1.29 is 4.79 Å². The zero-order valence-electron chi connectivity index (χ0n) is 11.6. The molecule has 1 N–H and O–H groups in total. The molecule has 0 radical (unpaired) electrons. The van der Waals surface area contributed by atoms with Crippen molar-refractivity contribution >= 4 is 5.91 Å². The van der Waals surface area contributed by atoms with E-state index in [0.717, 1.165) is 32.2 Å². The van der Waals surface area contributed by atoms with E-state index in [-0.39, 0.29) is 11.7 Å². The number of carbonyl (C=O) groups is 1. The van der Waals surface area contributed by atoms with Crippen LogP contribution in [0.4, 0.5) is 0 Å². The molecule has 3 heteroatoms. The molecule has 1 atom stereocenters. The summed E-state index contributed by atoms with van der Waals surface area (Å²) in [5.74, 6) is 1.66. The summed E-state index contributed by atoms with van der Waals surface area (Å²) in [7, 11) is 0. The molecule has 1 aliphatic heterocycles. The molecule has 17 heavy (non-hydrogen) atoms. The van der Waals surface area contributed by atoms with Crippen LogP contribution in [0.5, 0.6) is 0 Å². The van der Waals surface area contributed by atoms with E-state index in [2.05, 4.69) is 37.9 Å². The number of nitrogens with zero attached hydrogens (tertiary/aromatic N) is 1. The van der Waals surface area contributed by atoms with Gasteiger partial charge in [-0.05, 0) is 37.5 Å². The van der Waals surface area contributed by atoms with Crippen LogP contribution < -0.4 is 5.32 Å². The van der Waals surface area contributed by atoms with Crippen molar-refractivity contribution in [1.29, 1.82) is 0 Å². The summed E-state index contributed by atoms with van der Waals surface area (Å²) < 4.78 is 0. The minimum absolute atomic E-state index is 0.142. The Morgan fingerprint density at radius 1 is 1.29 bits per heavy atom. The number of carbonyl (C=O) groups excluding carboxylic acids is 1. The zero-order valence-corrected chi connectivity index (χ0v) is 11.6. The molecule has 1 saturated carbocycles. The van der Waals surface area contributed by atoms with Gasteiger partial charge < -0.3 is 4.90 Å². The molecule has 1 amide bonds. The SMILES string of the molecule is CC(C)CCN1C(=O)C2(CC2)NC1CC(C)C. The fourth-order valence-electron chi connectivity index (χ4n) is 2.65. The van der Waals surface area contributed by atoms with Gasteiger partial charge in [-0.1, -0.05) is 27.7 Å². The van der Waals surface area contributed by atoms with E-state index in [1.54, 1.807) is 0 Å². The Morgan fingerprint density at radius 3 is 2.41 bits per heavy atom. The average molecular weight is 238 g/mol. The van der Waals surface area contributed by atoms with Gasteiger partial charge in [0.25, 0.3) is 0 Å². The summed E-state index contributed by atoms with van der Waals surface area (Å²) in [6.45, 7) is 9.81. The van der Waals surface area contributed by atoms with Crippen molar-refractivity contribution in [2.75, 3.05) is 6.54 Å². The summed E-state index contributed by atoms with van der Waals surface area (Å²) in [5, 5.41) is 3.57. The monoisotopic (exact) mass is 238 g/mol. The minimum Gasteiger partial charge on any atom is -0.326 e. The molecule has 2 fully saturated rings. The van der Waals surface area contributed by atoms with E-state index in [9.17, 15) is 4.79 Å². The first kappa shape index (κ1) is 12.9. The van der Waals surface area contributed by atoms with Crippen molar-refractivity contribution in [1.82, 2.24) is 10.2 Å². The average Bonchev–Trinajstić information content (AvgIpc) is 2.92. The minimum atomic E-state index is -0.142. The van der Waals surface area contributed by atoms with Crippen LogP contribution in [0, 0.1) is 11.8 Å². The van der Waals surface area contributed by atoms with Crippen LogP contribution in [0.3, 0.4) is 0 Å². The Bertz CT molecular complexity index is 295. The second kappa shape index (κ2) is 4.60. The lowest BCUT2D eigenvalue weighted by atomic mass is 10.1. The van der Waals surface area contributed by atoms with Crippen LogP contribution in [0.15, 0.2) is 0 Å². The number of hydrogen-bond acceptors (Lipinski definition) is 2. The first-order valence-electron chi connectivity index (χ1n) is 7.03. The summed E-state index contributed by atoms with van der Waals surface area (Å²) in [5.41, 5.74) is -0.142. The van der Waals surface area contributed by atoms with E-state index in [1.807, 2.05) is 0 Å². The fraction of sp³-hybridized carbons (Fsp3) is 0.929. The molecule has 1 saturated heterocycles. The van der Waals surface area contributed by atoms with E-state index >= 15 is 0 Å². The van der Waals surface area contributed by atoms with Crippen molar-refractivity contribution in [3.8, 4) is 0 Å². The summed E-state index contributed by atoms with van der Waals surface area (Å²) in [6.07, 6.45) is 4.55. The molecule has 1 unspecified atom stereocenters. The Hall–Kier alpha value is -0.570. The lowest BCUT2D eigenvalue weighted by molar-refractivity contribution is -0.131.